The summed E-state index contributed by atoms with van der Waals surface area (Å²) in [5.41, 5.74) is 0.473. The topological polar surface area (TPSA) is 33.0 Å². The van der Waals surface area contributed by atoms with Crippen molar-refractivity contribution in [3.05, 3.63) is 51.2 Å². The second kappa shape index (κ2) is 6.81. The van der Waals surface area contributed by atoms with E-state index in [1.165, 1.54) is 0 Å². The molecule has 0 saturated heterocycles. The van der Waals surface area contributed by atoms with E-state index < -0.39 is 0 Å². The maximum atomic E-state index is 9.09. The minimum atomic E-state index is -0.150. The zero-order chi connectivity index (χ0) is 13.7. The van der Waals surface area contributed by atoms with Gasteiger partial charge in [-0.05, 0) is 23.6 Å². The third kappa shape index (κ3) is 3.63. The molecule has 2 rings (SSSR count). The molecule has 0 amide bonds. The van der Waals surface area contributed by atoms with E-state index >= 15 is 0 Å². The summed E-state index contributed by atoms with van der Waals surface area (Å²) in [7, 11) is 0. The molecule has 0 spiro atoms. The zero-order valence-electron chi connectivity index (χ0n) is 9.98. The average Bonchev–Trinajstić information content (AvgIpc) is 2.92. The van der Waals surface area contributed by atoms with Gasteiger partial charge >= 0.3 is 0 Å². The Hall–Kier alpha value is -1.21. The molecule has 0 aliphatic rings. The Morgan fingerprint density at radius 1 is 1.37 bits per heavy atom. The molecule has 1 aromatic heterocycles. The Kier molecular flexibility index (Phi) is 5.09. The van der Waals surface area contributed by atoms with Gasteiger partial charge in [-0.2, -0.15) is 5.26 Å². The van der Waals surface area contributed by atoms with Crippen molar-refractivity contribution in [2.24, 2.45) is 0 Å². The summed E-state index contributed by atoms with van der Waals surface area (Å²) < 4.78 is 5.92. The highest BCUT2D eigenvalue weighted by atomic mass is 35.5. The van der Waals surface area contributed by atoms with Crippen molar-refractivity contribution in [2.45, 2.75) is 12.5 Å². The fourth-order valence-electron chi connectivity index (χ4n) is 1.67. The van der Waals surface area contributed by atoms with Gasteiger partial charge in [0.1, 0.15) is 17.9 Å². The Bertz CT molecular complexity index is 578. The number of ether oxygens (including phenoxy) is 1. The summed E-state index contributed by atoms with van der Waals surface area (Å²) in [6.45, 7) is 0. The molecule has 0 fully saturated rings. The lowest BCUT2D eigenvalue weighted by atomic mass is 10.2. The van der Waals surface area contributed by atoms with E-state index in [2.05, 4.69) is 6.07 Å². The summed E-state index contributed by atoms with van der Waals surface area (Å²) in [6.07, 6.45) is 0.530. The number of alkyl halides is 1. The number of nitrogens with zero attached hydrogens (tertiary/aromatic N) is 1. The van der Waals surface area contributed by atoms with Gasteiger partial charge in [-0.3, -0.25) is 0 Å². The maximum Gasteiger partial charge on any atom is 0.139 e. The number of hydrogen-bond donors (Lipinski definition) is 0. The third-order valence-corrected chi connectivity index (χ3v) is 3.98. The number of halogens is 2. The highest BCUT2D eigenvalue weighted by Crippen LogP contribution is 2.31. The molecular weight excluding hydrogens is 301 g/mol. The van der Waals surface area contributed by atoms with E-state index in [4.69, 9.17) is 33.2 Å². The van der Waals surface area contributed by atoms with E-state index in [-0.39, 0.29) is 6.10 Å². The first kappa shape index (κ1) is 14.2. The van der Waals surface area contributed by atoms with E-state index in [1.54, 1.807) is 29.5 Å². The Morgan fingerprint density at radius 2 is 2.21 bits per heavy atom. The molecule has 1 atom stereocenters. The van der Waals surface area contributed by atoms with E-state index in [0.717, 1.165) is 4.88 Å². The van der Waals surface area contributed by atoms with Gasteiger partial charge in [-0.15, -0.1) is 22.9 Å². The van der Waals surface area contributed by atoms with Crippen LogP contribution in [0.4, 0.5) is 0 Å². The second-order valence-corrected chi connectivity index (χ2v) is 5.65. The van der Waals surface area contributed by atoms with Crippen LogP contribution >= 0.6 is 34.5 Å². The van der Waals surface area contributed by atoms with Crippen LogP contribution in [0.2, 0.25) is 5.02 Å². The molecule has 19 heavy (non-hydrogen) atoms. The summed E-state index contributed by atoms with van der Waals surface area (Å²) in [5, 5.41) is 11.6. The molecule has 5 heteroatoms. The van der Waals surface area contributed by atoms with Crippen LogP contribution in [0.5, 0.6) is 5.75 Å². The highest BCUT2D eigenvalue weighted by Gasteiger charge is 2.16. The van der Waals surface area contributed by atoms with Crippen molar-refractivity contribution < 1.29 is 4.74 Å². The Balaban J connectivity index is 2.27. The van der Waals surface area contributed by atoms with Crippen LogP contribution in [0.1, 0.15) is 23.0 Å². The minimum Gasteiger partial charge on any atom is -0.483 e. The lowest BCUT2D eigenvalue weighted by molar-refractivity contribution is 0.205. The van der Waals surface area contributed by atoms with Gasteiger partial charge in [0.25, 0.3) is 0 Å². The van der Waals surface area contributed by atoms with E-state index in [9.17, 15) is 0 Å². The van der Waals surface area contributed by atoms with Crippen LogP contribution in [0.15, 0.2) is 35.7 Å². The standard InChI is InChI=1S/C14H11Cl2NOS/c15-6-5-12(14-2-1-7-19-14)18-13-8-11(16)4-3-10(13)9-17/h1-4,7-8,12H,5-6H2/t12-/m1/s1. The molecule has 0 N–H and O–H groups in total. The van der Waals surface area contributed by atoms with E-state index in [0.29, 0.717) is 28.6 Å². The normalized spacial score (nSPS) is 11.8. The van der Waals surface area contributed by atoms with Crippen molar-refractivity contribution in [1.29, 1.82) is 5.26 Å². The van der Waals surface area contributed by atoms with Crippen LogP contribution in [-0.4, -0.2) is 5.88 Å². The van der Waals surface area contributed by atoms with Gasteiger partial charge in [-0.1, -0.05) is 17.7 Å². The Labute approximate surface area is 126 Å². The lowest BCUT2D eigenvalue weighted by Gasteiger charge is -2.18. The molecule has 2 nitrogen and oxygen atoms in total. The largest absolute Gasteiger partial charge is 0.483 e. The number of nitriles is 1. The Morgan fingerprint density at radius 3 is 2.84 bits per heavy atom. The van der Waals surface area contributed by atoms with Crippen molar-refractivity contribution in [1.82, 2.24) is 0 Å². The first-order chi connectivity index (χ1) is 9.24. The summed E-state index contributed by atoms with van der Waals surface area (Å²) >= 11 is 13.4. The minimum absolute atomic E-state index is 0.150. The molecule has 0 aliphatic carbocycles. The predicted octanol–water partition coefficient (Wildman–Crippen LogP) is 5.02. The molecule has 2 aromatic rings. The number of thiophene rings is 1. The lowest BCUT2D eigenvalue weighted by Crippen LogP contribution is -2.07. The van der Waals surface area contributed by atoms with E-state index in [1.807, 2.05) is 17.5 Å². The molecule has 0 bridgehead atoms. The van der Waals surface area contributed by atoms with Gasteiger partial charge in [-0.25, -0.2) is 0 Å². The number of benzene rings is 1. The van der Waals surface area contributed by atoms with Crippen LogP contribution in [-0.2, 0) is 0 Å². The first-order valence-electron chi connectivity index (χ1n) is 5.70. The SMILES string of the molecule is N#Cc1ccc(Cl)cc1O[C@H](CCCl)c1cccs1. The van der Waals surface area contributed by atoms with Gasteiger partial charge < -0.3 is 4.74 Å². The summed E-state index contributed by atoms with van der Waals surface area (Å²) in [4.78, 5) is 1.09. The second-order valence-electron chi connectivity index (χ2n) is 3.85. The monoisotopic (exact) mass is 311 g/mol. The first-order valence-corrected chi connectivity index (χ1v) is 7.49. The third-order valence-electron chi connectivity index (χ3n) is 2.57. The van der Waals surface area contributed by atoms with Crippen LogP contribution in [0.3, 0.4) is 0 Å². The maximum absolute atomic E-state index is 9.09. The zero-order valence-corrected chi connectivity index (χ0v) is 12.3. The summed E-state index contributed by atoms with van der Waals surface area (Å²) in [6, 6.07) is 11.1. The van der Waals surface area contributed by atoms with Crippen molar-refractivity contribution in [3.63, 3.8) is 0 Å². The fourth-order valence-corrected chi connectivity index (χ4v) is 2.82. The molecule has 98 valence electrons. The van der Waals surface area contributed by atoms with Crippen LogP contribution in [0.25, 0.3) is 0 Å². The molecule has 0 radical (unpaired) electrons. The predicted molar refractivity (Wildman–Crippen MR) is 79.2 cm³/mol. The van der Waals surface area contributed by atoms with Crippen molar-refractivity contribution >= 4 is 34.5 Å². The molecule has 0 aliphatic heterocycles. The molecule has 0 saturated carbocycles. The number of hydrogen-bond acceptors (Lipinski definition) is 3. The smallest absolute Gasteiger partial charge is 0.139 e. The average molecular weight is 312 g/mol. The van der Waals surface area contributed by atoms with Crippen LogP contribution in [0, 0.1) is 11.3 Å². The van der Waals surface area contributed by atoms with Crippen molar-refractivity contribution in [2.75, 3.05) is 5.88 Å². The van der Waals surface area contributed by atoms with Crippen molar-refractivity contribution in [3.8, 4) is 11.8 Å². The highest BCUT2D eigenvalue weighted by molar-refractivity contribution is 7.10. The molecule has 1 heterocycles. The van der Waals surface area contributed by atoms with Gasteiger partial charge in [0.15, 0.2) is 0 Å². The number of rotatable bonds is 5. The van der Waals surface area contributed by atoms with Crippen LogP contribution < -0.4 is 4.74 Å². The summed E-state index contributed by atoms with van der Waals surface area (Å²) in [5.74, 6) is 0.990. The molecular formula is C14H11Cl2NOS. The fraction of sp³-hybridized carbons (Fsp3) is 0.214. The van der Waals surface area contributed by atoms with Gasteiger partial charge in [0.2, 0.25) is 0 Å². The quantitative estimate of drug-likeness (QED) is 0.726. The molecule has 0 unspecified atom stereocenters. The van der Waals surface area contributed by atoms with Gasteiger partial charge in [0, 0.05) is 28.3 Å². The molecule has 1 aromatic carbocycles. The van der Waals surface area contributed by atoms with Gasteiger partial charge in [0.05, 0.1) is 5.56 Å².